The first-order valence-electron chi connectivity index (χ1n) is 9.12. The zero-order chi connectivity index (χ0) is 18.4. The number of rotatable bonds is 8. The van der Waals surface area contributed by atoms with Gasteiger partial charge in [-0.05, 0) is 31.9 Å². The largest absolute Gasteiger partial charge is 0.289 e. The molecule has 1 atom stereocenters. The number of hydrogen-bond donors (Lipinski definition) is 0. The van der Waals surface area contributed by atoms with Crippen molar-refractivity contribution in [1.29, 1.82) is 0 Å². The smallest absolute Gasteiger partial charge is 0.0471 e. The highest BCUT2D eigenvalue weighted by molar-refractivity contribution is 8.01. The quantitative estimate of drug-likeness (QED) is 0.350. The summed E-state index contributed by atoms with van der Waals surface area (Å²) in [5, 5.41) is 0. The van der Waals surface area contributed by atoms with Gasteiger partial charge < -0.3 is 0 Å². The summed E-state index contributed by atoms with van der Waals surface area (Å²) in [5.41, 5.74) is 1.30. The Hall–Kier alpha value is -0.410. The molecular weight excluding hydrogens is 330 g/mol. The van der Waals surface area contributed by atoms with Crippen LogP contribution in [0.3, 0.4) is 0 Å². The molecule has 0 amide bonds. The third-order valence-corrected chi connectivity index (χ3v) is 6.45. The number of nitrogens with zero attached hydrogens (tertiary/aromatic N) is 1. The highest BCUT2D eigenvalue weighted by Gasteiger charge is 2.21. The summed E-state index contributed by atoms with van der Waals surface area (Å²) in [5.74, 6) is 0. The molecule has 0 saturated heterocycles. The fourth-order valence-electron chi connectivity index (χ4n) is 2.22. The van der Waals surface area contributed by atoms with Gasteiger partial charge in [0, 0.05) is 37.1 Å². The zero-order valence-electron chi connectivity index (χ0n) is 16.8. The lowest BCUT2D eigenvalue weighted by molar-refractivity contribution is 0.657. The average Bonchev–Trinajstić information content (AvgIpc) is 2.45. The molecule has 0 bridgehead atoms. The van der Waals surface area contributed by atoms with Crippen molar-refractivity contribution in [2.24, 2.45) is 4.99 Å². The van der Waals surface area contributed by atoms with Crippen molar-refractivity contribution in [2.45, 2.75) is 100.0 Å². The molecule has 0 radical (unpaired) electrons. The van der Waals surface area contributed by atoms with Crippen LogP contribution in [-0.4, -0.2) is 21.8 Å². The predicted octanol–water partition coefficient (Wildman–Crippen LogP) is 7.47. The highest BCUT2D eigenvalue weighted by Crippen LogP contribution is 2.41. The van der Waals surface area contributed by atoms with Crippen LogP contribution in [-0.2, 0) is 0 Å². The van der Waals surface area contributed by atoms with Crippen molar-refractivity contribution >= 4 is 29.7 Å². The van der Waals surface area contributed by atoms with Crippen LogP contribution >= 0.6 is 23.5 Å². The first-order chi connectivity index (χ1) is 11.1. The van der Waals surface area contributed by atoms with Crippen LogP contribution in [0.2, 0.25) is 0 Å². The monoisotopic (exact) mass is 365 g/mol. The first kappa shape index (κ1) is 21.6. The van der Waals surface area contributed by atoms with Gasteiger partial charge in [-0.3, -0.25) is 4.99 Å². The van der Waals surface area contributed by atoms with Gasteiger partial charge in [-0.2, -0.15) is 0 Å². The lowest BCUT2D eigenvalue weighted by atomic mass is 10.1. The first-order valence-corrected chi connectivity index (χ1v) is 10.8. The Morgan fingerprint density at radius 3 is 2.12 bits per heavy atom. The molecule has 24 heavy (non-hydrogen) atoms. The van der Waals surface area contributed by atoms with E-state index < -0.39 is 0 Å². The minimum Gasteiger partial charge on any atom is -0.289 e. The maximum atomic E-state index is 4.84. The zero-order valence-corrected chi connectivity index (χ0v) is 18.4. The summed E-state index contributed by atoms with van der Waals surface area (Å²) in [6.45, 7) is 18.2. The van der Waals surface area contributed by atoms with Gasteiger partial charge in [0.1, 0.15) is 0 Å². The third kappa shape index (κ3) is 7.65. The molecule has 0 spiro atoms. The summed E-state index contributed by atoms with van der Waals surface area (Å²) >= 11 is 3.91. The Balaban J connectivity index is 3.24. The van der Waals surface area contributed by atoms with Crippen molar-refractivity contribution in [3.05, 3.63) is 23.8 Å². The molecule has 0 heterocycles. The van der Waals surface area contributed by atoms with Gasteiger partial charge in [0.25, 0.3) is 0 Å². The second-order valence-electron chi connectivity index (χ2n) is 8.01. The molecule has 0 saturated carbocycles. The van der Waals surface area contributed by atoms with Gasteiger partial charge in [0.2, 0.25) is 0 Å². The number of aliphatic imine (C=N–C) groups is 1. The van der Waals surface area contributed by atoms with E-state index in [-0.39, 0.29) is 9.49 Å². The van der Waals surface area contributed by atoms with Crippen molar-refractivity contribution in [3.63, 3.8) is 0 Å². The normalized spacial score (nSPS) is 14.3. The third-order valence-electron chi connectivity index (χ3n) is 3.84. The van der Waals surface area contributed by atoms with Crippen LogP contribution in [0.15, 0.2) is 33.0 Å². The molecule has 1 aromatic carbocycles. The van der Waals surface area contributed by atoms with Crippen LogP contribution < -0.4 is 0 Å². The average molecular weight is 366 g/mol. The molecule has 0 aliphatic heterocycles. The van der Waals surface area contributed by atoms with E-state index >= 15 is 0 Å². The fourth-order valence-corrected chi connectivity index (χ4v) is 4.53. The number of hydrogen-bond acceptors (Lipinski definition) is 3. The molecule has 0 aliphatic rings. The number of thioether (sulfide) groups is 2. The lowest BCUT2D eigenvalue weighted by Crippen LogP contribution is -2.13. The van der Waals surface area contributed by atoms with Crippen molar-refractivity contribution < 1.29 is 0 Å². The Morgan fingerprint density at radius 2 is 1.62 bits per heavy atom. The SMILES string of the molecule is CCCC(C)N=Cc1c(SC(C)(C)C)cccc1SC(C)(C)CC. The van der Waals surface area contributed by atoms with E-state index in [1.54, 1.807) is 0 Å². The van der Waals surface area contributed by atoms with Crippen LogP contribution in [0.4, 0.5) is 0 Å². The van der Waals surface area contributed by atoms with Gasteiger partial charge in [-0.25, -0.2) is 0 Å². The van der Waals surface area contributed by atoms with Gasteiger partial charge in [-0.15, -0.1) is 23.5 Å². The Labute approximate surface area is 158 Å². The summed E-state index contributed by atoms with van der Waals surface area (Å²) in [4.78, 5) is 7.53. The van der Waals surface area contributed by atoms with Gasteiger partial charge >= 0.3 is 0 Å². The Morgan fingerprint density at radius 1 is 1.04 bits per heavy atom. The van der Waals surface area contributed by atoms with Gasteiger partial charge in [0.05, 0.1) is 0 Å². The number of benzene rings is 1. The standard InChI is InChI=1S/C21H35NS2/c1-9-12-16(3)22-15-17-18(23-20(4,5)6)13-11-14-19(17)24-21(7,8)10-2/h11,13-16H,9-10,12H2,1-8H3. The van der Waals surface area contributed by atoms with Crippen molar-refractivity contribution in [2.75, 3.05) is 0 Å². The maximum absolute atomic E-state index is 4.84. The summed E-state index contributed by atoms with van der Waals surface area (Å²) in [6, 6.07) is 7.07. The fraction of sp³-hybridized carbons (Fsp3) is 0.667. The van der Waals surface area contributed by atoms with E-state index in [0.29, 0.717) is 6.04 Å². The van der Waals surface area contributed by atoms with E-state index in [1.165, 1.54) is 21.8 Å². The molecule has 136 valence electrons. The molecule has 1 aromatic rings. The Bertz CT molecular complexity index is 541. The van der Waals surface area contributed by atoms with Crippen LogP contribution in [0, 0.1) is 0 Å². The summed E-state index contributed by atoms with van der Waals surface area (Å²) in [6.07, 6.45) is 5.61. The van der Waals surface area contributed by atoms with Crippen LogP contribution in [0.5, 0.6) is 0 Å². The van der Waals surface area contributed by atoms with E-state index in [0.717, 1.165) is 12.8 Å². The minimum atomic E-state index is 0.196. The maximum Gasteiger partial charge on any atom is 0.0471 e. The Kier molecular flexibility index (Phi) is 8.41. The topological polar surface area (TPSA) is 12.4 Å². The van der Waals surface area contributed by atoms with Crippen LogP contribution in [0.1, 0.15) is 80.2 Å². The predicted molar refractivity (Wildman–Crippen MR) is 114 cm³/mol. The molecule has 0 N–H and O–H groups in total. The van der Waals surface area contributed by atoms with Crippen LogP contribution in [0.25, 0.3) is 0 Å². The van der Waals surface area contributed by atoms with Gasteiger partial charge in [0.15, 0.2) is 0 Å². The minimum absolute atomic E-state index is 0.196. The lowest BCUT2D eigenvalue weighted by Gasteiger charge is -2.25. The molecular formula is C21H35NS2. The molecule has 1 nitrogen and oxygen atoms in total. The molecule has 0 fully saturated rings. The van der Waals surface area contributed by atoms with Crippen molar-refractivity contribution in [3.8, 4) is 0 Å². The molecule has 0 aliphatic carbocycles. The van der Waals surface area contributed by atoms with Crippen molar-refractivity contribution in [1.82, 2.24) is 0 Å². The molecule has 3 heteroatoms. The second kappa shape index (κ2) is 9.33. The summed E-state index contributed by atoms with van der Waals surface area (Å²) in [7, 11) is 0. The highest BCUT2D eigenvalue weighted by atomic mass is 32.2. The molecule has 0 aromatic heterocycles. The van der Waals surface area contributed by atoms with E-state index in [9.17, 15) is 0 Å². The molecule has 1 unspecified atom stereocenters. The summed E-state index contributed by atoms with van der Waals surface area (Å²) < 4.78 is 0.434. The molecule has 1 rings (SSSR count). The van der Waals surface area contributed by atoms with Gasteiger partial charge in [-0.1, -0.05) is 61.0 Å². The second-order valence-corrected chi connectivity index (χ2v) is 11.6. The van der Waals surface area contributed by atoms with E-state index in [4.69, 9.17) is 4.99 Å². The van der Waals surface area contributed by atoms with E-state index in [1.807, 2.05) is 23.5 Å². The van der Waals surface area contributed by atoms with E-state index in [2.05, 4.69) is 79.8 Å².